The van der Waals surface area contributed by atoms with Crippen LogP contribution < -0.4 is 4.72 Å². The number of rotatable bonds is 7. The molecule has 1 rings (SSSR count). The maximum absolute atomic E-state index is 11.2. The van der Waals surface area contributed by atoms with Crippen LogP contribution in [0.25, 0.3) is 0 Å². The van der Waals surface area contributed by atoms with Gasteiger partial charge in [-0.1, -0.05) is 34.4 Å². The molecule has 1 aliphatic heterocycles. The zero-order valence-corrected chi connectivity index (χ0v) is 12.4. The summed E-state index contributed by atoms with van der Waals surface area (Å²) in [6.07, 6.45) is 6.71. The largest absolute Gasteiger partial charge is 0.274 e. The molecule has 1 unspecified atom stereocenters. The zero-order chi connectivity index (χ0) is 12.7. The van der Waals surface area contributed by atoms with Gasteiger partial charge in [-0.15, -0.1) is 0 Å². The number of unbranched alkanes of at least 4 members (excludes halogenated alkanes) is 2. The average Bonchev–Trinajstić information content (AvgIpc) is 2.67. The summed E-state index contributed by atoms with van der Waals surface area (Å²) in [5, 5.41) is 0.782. The highest BCUT2D eigenvalue weighted by Gasteiger charge is 2.15. The van der Waals surface area contributed by atoms with Crippen LogP contribution in [0.5, 0.6) is 0 Å². The van der Waals surface area contributed by atoms with Crippen molar-refractivity contribution in [3.05, 3.63) is 0 Å². The molecule has 0 aliphatic carbocycles. The van der Waals surface area contributed by atoms with Gasteiger partial charge in [0, 0.05) is 17.4 Å². The van der Waals surface area contributed by atoms with E-state index >= 15 is 0 Å². The van der Waals surface area contributed by atoms with Crippen LogP contribution in [0.1, 0.15) is 38.5 Å². The maximum Gasteiger partial charge on any atom is 0.233 e. The van der Waals surface area contributed by atoms with Crippen LogP contribution in [0.15, 0.2) is 0 Å². The van der Waals surface area contributed by atoms with Crippen molar-refractivity contribution in [1.82, 2.24) is 4.72 Å². The molecule has 0 spiro atoms. The lowest BCUT2D eigenvalue weighted by Crippen LogP contribution is -2.28. The predicted octanol–water partition coefficient (Wildman–Crippen LogP) is 2.17. The summed E-state index contributed by atoms with van der Waals surface area (Å²) in [4.78, 5) is 11.2. The molecule has 1 fully saturated rings. The standard InChI is InChI=1S/C10H19NO3S3/c1-17(13,14)11-10(12)6-4-2-3-5-9-7-8-15-16-9/h9H,2-8H2,1H3,(H,11,12). The van der Waals surface area contributed by atoms with Crippen LogP contribution in [-0.4, -0.2) is 31.6 Å². The molecule has 1 N–H and O–H groups in total. The third kappa shape index (κ3) is 7.94. The minimum Gasteiger partial charge on any atom is -0.274 e. The fourth-order valence-corrected chi connectivity index (χ4v) is 5.20. The Bertz CT molecular complexity index is 337. The Morgan fingerprint density at radius 2 is 2.12 bits per heavy atom. The van der Waals surface area contributed by atoms with Crippen molar-refractivity contribution in [3.8, 4) is 0 Å². The first kappa shape index (κ1) is 15.2. The van der Waals surface area contributed by atoms with E-state index in [1.165, 1.54) is 18.6 Å². The highest BCUT2D eigenvalue weighted by atomic mass is 33.1. The van der Waals surface area contributed by atoms with Crippen molar-refractivity contribution >= 4 is 37.5 Å². The molecule has 0 bridgehead atoms. The summed E-state index contributed by atoms with van der Waals surface area (Å²) in [5.74, 6) is 0.866. The fraction of sp³-hybridized carbons (Fsp3) is 0.900. The van der Waals surface area contributed by atoms with E-state index in [9.17, 15) is 13.2 Å². The first-order valence-electron chi connectivity index (χ1n) is 5.76. The number of hydrogen-bond donors (Lipinski definition) is 1. The normalized spacial score (nSPS) is 20.4. The van der Waals surface area contributed by atoms with Crippen molar-refractivity contribution in [2.45, 2.75) is 43.8 Å². The van der Waals surface area contributed by atoms with E-state index < -0.39 is 15.9 Å². The Kier molecular flexibility index (Phi) is 6.72. The van der Waals surface area contributed by atoms with Gasteiger partial charge in [-0.2, -0.15) is 0 Å². The second-order valence-electron chi connectivity index (χ2n) is 4.23. The van der Waals surface area contributed by atoms with Crippen molar-refractivity contribution in [3.63, 3.8) is 0 Å². The second-order valence-corrected chi connectivity index (χ2v) is 8.76. The smallest absolute Gasteiger partial charge is 0.233 e. The van der Waals surface area contributed by atoms with Gasteiger partial charge in [-0.25, -0.2) is 8.42 Å². The van der Waals surface area contributed by atoms with Gasteiger partial charge in [0.25, 0.3) is 0 Å². The van der Waals surface area contributed by atoms with E-state index in [1.807, 2.05) is 26.3 Å². The lowest BCUT2D eigenvalue weighted by Gasteiger charge is -2.06. The van der Waals surface area contributed by atoms with Gasteiger partial charge in [0.05, 0.1) is 6.26 Å². The molecule has 0 saturated carbocycles. The number of hydrogen-bond acceptors (Lipinski definition) is 5. The Labute approximate surface area is 111 Å². The molecule has 1 amide bonds. The number of carbonyl (C=O) groups is 1. The van der Waals surface area contributed by atoms with E-state index in [0.717, 1.165) is 30.8 Å². The highest BCUT2D eigenvalue weighted by molar-refractivity contribution is 8.77. The van der Waals surface area contributed by atoms with Crippen LogP contribution >= 0.6 is 21.6 Å². The summed E-state index contributed by atoms with van der Waals surface area (Å²) in [6.45, 7) is 0. The van der Waals surface area contributed by atoms with Crippen LogP contribution in [0.2, 0.25) is 0 Å². The summed E-state index contributed by atoms with van der Waals surface area (Å²) >= 11 is 0. The first-order valence-corrected chi connectivity index (χ1v) is 10.0. The number of sulfonamides is 1. The van der Waals surface area contributed by atoms with E-state index in [4.69, 9.17) is 0 Å². The van der Waals surface area contributed by atoms with Gasteiger partial charge in [-0.3, -0.25) is 9.52 Å². The summed E-state index contributed by atoms with van der Waals surface area (Å²) < 4.78 is 23.5. The minimum absolute atomic E-state index is 0.305. The number of carbonyl (C=O) groups excluding carboxylic acids is 1. The molecular weight excluding hydrogens is 278 g/mol. The lowest BCUT2D eigenvalue weighted by atomic mass is 10.1. The minimum atomic E-state index is -3.38. The van der Waals surface area contributed by atoms with Gasteiger partial charge in [0.2, 0.25) is 15.9 Å². The maximum atomic E-state index is 11.2. The Morgan fingerprint density at radius 1 is 1.35 bits per heavy atom. The van der Waals surface area contributed by atoms with Crippen molar-refractivity contribution in [1.29, 1.82) is 0 Å². The number of nitrogens with one attached hydrogen (secondary N) is 1. The highest BCUT2D eigenvalue weighted by Crippen LogP contribution is 2.39. The van der Waals surface area contributed by atoms with Crippen LogP contribution in [-0.2, 0) is 14.8 Å². The predicted molar refractivity (Wildman–Crippen MR) is 74.5 cm³/mol. The molecule has 100 valence electrons. The molecule has 1 aliphatic rings. The van der Waals surface area contributed by atoms with Crippen LogP contribution in [0.4, 0.5) is 0 Å². The van der Waals surface area contributed by atoms with E-state index in [-0.39, 0.29) is 0 Å². The molecule has 4 nitrogen and oxygen atoms in total. The van der Waals surface area contributed by atoms with E-state index in [1.54, 1.807) is 0 Å². The van der Waals surface area contributed by atoms with Crippen molar-refractivity contribution in [2.24, 2.45) is 0 Å². The zero-order valence-electron chi connectivity index (χ0n) is 9.98. The molecule has 7 heteroatoms. The monoisotopic (exact) mass is 297 g/mol. The molecule has 1 heterocycles. The van der Waals surface area contributed by atoms with Crippen LogP contribution in [0, 0.1) is 0 Å². The van der Waals surface area contributed by atoms with Gasteiger partial charge < -0.3 is 0 Å². The SMILES string of the molecule is CS(=O)(=O)NC(=O)CCCCCC1CCSS1. The summed E-state index contributed by atoms with van der Waals surface area (Å²) in [5.41, 5.74) is 0. The molecule has 0 radical (unpaired) electrons. The van der Waals surface area contributed by atoms with Gasteiger partial charge in [-0.05, 0) is 19.3 Å². The third-order valence-electron chi connectivity index (χ3n) is 2.46. The Balaban J connectivity index is 1.98. The summed E-state index contributed by atoms with van der Waals surface area (Å²) in [6, 6.07) is 0. The molecule has 17 heavy (non-hydrogen) atoms. The first-order chi connectivity index (χ1) is 7.97. The average molecular weight is 297 g/mol. The molecular formula is C10H19NO3S3. The summed E-state index contributed by atoms with van der Waals surface area (Å²) in [7, 11) is 0.531. The Morgan fingerprint density at radius 3 is 2.71 bits per heavy atom. The third-order valence-corrected chi connectivity index (χ3v) is 6.06. The molecule has 1 saturated heterocycles. The topological polar surface area (TPSA) is 63.2 Å². The Hall–Kier alpha value is 0.120. The second kappa shape index (κ2) is 7.53. The van der Waals surface area contributed by atoms with Crippen molar-refractivity contribution < 1.29 is 13.2 Å². The number of amides is 1. The fourth-order valence-electron chi connectivity index (χ4n) is 1.66. The molecule has 0 aromatic rings. The van der Waals surface area contributed by atoms with Gasteiger partial charge in [0.15, 0.2) is 0 Å². The molecule has 1 atom stereocenters. The van der Waals surface area contributed by atoms with Gasteiger partial charge in [0.1, 0.15) is 0 Å². The van der Waals surface area contributed by atoms with Crippen LogP contribution in [0.3, 0.4) is 0 Å². The molecule has 0 aromatic heterocycles. The molecule has 0 aromatic carbocycles. The van der Waals surface area contributed by atoms with E-state index in [0.29, 0.717) is 6.42 Å². The van der Waals surface area contributed by atoms with Gasteiger partial charge >= 0.3 is 0 Å². The lowest BCUT2D eigenvalue weighted by molar-refractivity contribution is -0.119. The quantitative estimate of drug-likeness (QED) is 0.576. The van der Waals surface area contributed by atoms with Crippen molar-refractivity contribution in [2.75, 3.05) is 12.0 Å². The van der Waals surface area contributed by atoms with E-state index in [2.05, 4.69) is 0 Å².